The molecule has 0 saturated carbocycles. The molecule has 3 nitrogen and oxygen atoms in total. The number of fused-ring (bicyclic) bond motifs is 1. The summed E-state index contributed by atoms with van der Waals surface area (Å²) in [5.41, 5.74) is 1.42. The Morgan fingerprint density at radius 1 is 1.42 bits per heavy atom. The van der Waals surface area contributed by atoms with Crippen LogP contribution in [-0.2, 0) is 10.1 Å². The van der Waals surface area contributed by atoms with Crippen LogP contribution in [0.15, 0.2) is 24.3 Å². The molecule has 0 aliphatic rings. The summed E-state index contributed by atoms with van der Waals surface area (Å²) in [5, 5.41) is 1.20. The number of hydrogen-bond acceptors (Lipinski definition) is 2. The van der Waals surface area contributed by atoms with Gasteiger partial charge in [0.2, 0.25) is 0 Å². The molecule has 1 heterocycles. The van der Waals surface area contributed by atoms with Crippen LogP contribution < -0.4 is 0 Å². The molecule has 0 saturated heterocycles. The lowest BCUT2D eigenvalue weighted by Crippen LogP contribution is -2.16. The highest BCUT2D eigenvalue weighted by Crippen LogP contribution is 2.23. The second kappa shape index (κ2) is 6.19. The van der Waals surface area contributed by atoms with Crippen molar-refractivity contribution in [3.8, 4) is 0 Å². The molecule has 0 fully saturated rings. The van der Waals surface area contributed by atoms with E-state index < -0.39 is 6.09 Å². The van der Waals surface area contributed by atoms with E-state index >= 15 is 0 Å². The molecule has 0 N–H and O–H groups in total. The van der Waals surface area contributed by atoms with E-state index in [4.69, 9.17) is 4.74 Å². The van der Waals surface area contributed by atoms with Crippen molar-refractivity contribution in [3.63, 3.8) is 0 Å². The Hall–Kier alpha value is -1.36. The molecule has 0 spiro atoms. The van der Waals surface area contributed by atoms with E-state index in [9.17, 15) is 9.18 Å². The maximum Gasteiger partial charge on any atom is 0.418 e. The van der Waals surface area contributed by atoms with E-state index in [0.717, 1.165) is 18.5 Å². The number of rotatable bonds is 4. The molecule has 1 aromatic heterocycles. The normalized spacial score (nSPS) is 10.9. The van der Waals surface area contributed by atoms with E-state index in [0.29, 0.717) is 22.8 Å². The first kappa shape index (κ1) is 14.1. The molecule has 5 heteroatoms. The van der Waals surface area contributed by atoms with Gasteiger partial charge in [0.15, 0.2) is 0 Å². The first-order chi connectivity index (χ1) is 9.17. The summed E-state index contributed by atoms with van der Waals surface area (Å²) >= 11 is 3.33. The highest BCUT2D eigenvalue weighted by atomic mass is 79.9. The van der Waals surface area contributed by atoms with Crippen molar-refractivity contribution >= 4 is 32.9 Å². The molecular weight excluding hydrogens is 313 g/mol. The van der Waals surface area contributed by atoms with Crippen LogP contribution in [0.4, 0.5) is 9.18 Å². The van der Waals surface area contributed by atoms with Gasteiger partial charge < -0.3 is 4.74 Å². The van der Waals surface area contributed by atoms with Gasteiger partial charge in [-0.2, -0.15) is 0 Å². The van der Waals surface area contributed by atoms with Crippen LogP contribution in [0.5, 0.6) is 0 Å². The fourth-order valence-corrected chi connectivity index (χ4v) is 2.34. The van der Waals surface area contributed by atoms with E-state index in [-0.39, 0.29) is 5.82 Å². The second-order valence-corrected chi connectivity index (χ2v) is 4.84. The minimum absolute atomic E-state index is 0.315. The number of alkyl halides is 1. The maximum absolute atomic E-state index is 13.2. The molecule has 0 unspecified atom stereocenters. The quantitative estimate of drug-likeness (QED) is 0.613. The van der Waals surface area contributed by atoms with Crippen molar-refractivity contribution in [2.24, 2.45) is 0 Å². The van der Waals surface area contributed by atoms with Crippen LogP contribution in [0.1, 0.15) is 25.5 Å². The van der Waals surface area contributed by atoms with Gasteiger partial charge in [-0.15, -0.1) is 0 Å². The van der Waals surface area contributed by atoms with Crippen LogP contribution in [-0.4, -0.2) is 17.3 Å². The average molecular weight is 328 g/mol. The second-order valence-electron chi connectivity index (χ2n) is 4.28. The van der Waals surface area contributed by atoms with Gasteiger partial charge in [-0.05, 0) is 30.7 Å². The van der Waals surface area contributed by atoms with Crippen molar-refractivity contribution in [2.75, 3.05) is 6.61 Å². The zero-order valence-electron chi connectivity index (χ0n) is 10.7. The van der Waals surface area contributed by atoms with E-state index in [1.54, 1.807) is 12.1 Å². The zero-order valence-corrected chi connectivity index (χ0v) is 12.2. The largest absolute Gasteiger partial charge is 0.449 e. The van der Waals surface area contributed by atoms with Gasteiger partial charge in [-0.3, -0.25) is 0 Å². The summed E-state index contributed by atoms with van der Waals surface area (Å²) in [5.74, 6) is -0.315. The van der Waals surface area contributed by atoms with Gasteiger partial charge >= 0.3 is 6.09 Å². The van der Waals surface area contributed by atoms with E-state index in [1.807, 2.05) is 6.92 Å². The van der Waals surface area contributed by atoms with Crippen LogP contribution in [0.2, 0.25) is 0 Å². The molecule has 0 aliphatic carbocycles. The Bertz CT molecular complexity index is 594. The summed E-state index contributed by atoms with van der Waals surface area (Å²) in [6.45, 7) is 2.43. The van der Waals surface area contributed by atoms with Crippen molar-refractivity contribution in [1.29, 1.82) is 0 Å². The molecule has 0 radical (unpaired) electrons. The van der Waals surface area contributed by atoms with Gasteiger partial charge in [0.05, 0.1) is 12.1 Å². The third-order valence-corrected chi connectivity index (χ3v) is 3.46. The molecule has 0 aliphatic heterocycles. The van der Waals surface area contributed by atoms with Gasteiger partial charge in [0.25, 0.3) is 0 Å². The molecule has 2 rings (SSSR count). The molecule has 0 amide bonds. The number of halogens is 2. The van der Waals surface area contributed by atoms with Gasteiger partial charge in [0, 0.05) is 16.4 Å². The highest BCUT2D eigenvalue weighted by Gasteiger charge is 2.15. The Balaban J connectivity index is 2.37. The lowest BCUT2D eigenvalue weighted by molar-refractivity contribution is 0.147. The molecule has 0 bridgehead atoms. The Morgan fingerprint density at radius 2 is 2.21 bits per heavy atom. The van der Waals surface area contributed by atoms with Crippen LogP contribution in [0, 0.1) is 5.82 Å². The van der Waals surface area contributed by atoms with Crippen molar-refractivity contribution in [1.82, 2.24) is 4.57 Å². The molecular formula is C14H15BrFNO2. The third kappa shape index (κ3) is 2.97. The topological polar surface area (TPSA) is 31.2 Å². The monoisotopic (exact) mass is 327 g/mol. The summed E-state index contributed by atoms with van der Waals surface area (Å²) in [6, 6.07) is 6.14. The number of aromatic nitrogens is 1. The smallest absolute Gasteiger partial charge is 0.418 e. The lowest BCUT2D eigenvalue weighted by atomic mass is 10.2. The first-order valence-electron chi connectivity index (χ1n) is 6.20. The van der Waals surface area contributed by atoms with Crippen molar-refractivity contribution in [2.45, 2.75) is 25.1 Å². The number of carbonyl (C=O) groups excluding carboxylic acids is 1. The molecule has 0 atom stereocenters. The number of ether oxygens (including phenoxy) is 1. The minimum atomic E-state index is -0.412. The summed E-state index contributed by atoms with van der Waals surface area (Å²) < 4.78 is 19.9. The zero-order chi connectivity index (χ0) is 13.8. The predicted molar refractivity (Wildman–Crippen MR) is 76.2 cm³/mol. The van der Waals surface area contributed by atoms with Crippen molar-refractivity contribution in [3.05, 3.63) is 35.8 Å². The van der Waals surface area contributed by atoms with E-state index in [2.05, 4.69) is 15.9 Å². The van der Waals surface area contributed by atoms with Gasteiger partial charge in [0.1, 0.15) is 5.82 Å². The first-order valence-corrected chi connectivity index (χ1v) is 7.32. The number of unbranched alkanes of at least 4 members (excludes halogenated alkanes) is 1. The standard InChI is InChI=1S/C14H15BrFNO2/c1-2-3-6-19-14(18)17-12(9-15)8-10-7-11(16)4-5-13(10)17/h4-5,7-8H,2-3,6,9H2,1H3. The molecule has 19 heavy (non-hydrogen) atoms. The summed E-state index contributed by atoms with van der Waals surface area (Å²) in [6.07, 6.45) is 1.39. The maximum atomic E-state index is 13.2. The Labute approximate surface area is 119 Å². The lowest BCUT2D eigenvalue weighted by Gasteiger charge is -2.08. The fourth-order valence-electron chi connectivity index (χ4n) is 1.93. The number of hydrogen-bond donors (Lipinski definition) is 0. The molecule has 2 aromatic rings. The van der Waals surface area contributed by atoms with Gasteiger partial charge in [-0.25, -0.2) is 13.8 Å². The molecule has 1 aromatic carbocycles. The average Bonchev–Trinajstić information content (AvgIpc) is 2.76. The molecule has 102 valence electrons. The van der Waals surface area contributed by atoms with E-state index in [1.165, 1.54) is 16.7 Å². The SMILES string of the molecule is CCCCOC(=O)n1c(CBr)cc2cc(F)ccc21. The van der Waals surface area contributed by atoms with Crippen LogP contribution in [0.3, 0.4) is 0 Å². The Morgan fingerprint density at radius 3 is 2.89 bits per heavy atom. The fraction of sp³-hybridized carbons (Fsp3) is 0.357. The van der Waals surface area contributed by atoms with Crippen molar-refractivity contribution < 1.29 is 13.9 Å². The summed E-state index contributed by atoms with van der Waals surface area (Å²) in [4.78, 5) is 12.1. The van der Waals surface area contributed by atoms with Crippen LogP contribution >= 0.6 is 15.9 Å². The number of benzene rings is 1. The van der Waals surface area contributed by atoms with Crippen LogP contribution in [0.25, 0.3) is 10.9 Å². The third-order valence-electron chi connectivity index (χ3n) is 2.88. The number of nitrogens with zero attached hydrogens (tertiary/aromatic N) is 1. The van der Waals surface area contributed by atoms with Gasteiger partial charge in [-0.1, -0.05) is 29.3 Å². The highest BCUT2D eigenvalue weighted by molar-refractivity contribution is 9.08. The Kier molecular flexibility index (Phi) is 4.58. The summed E-state index contributed by atoms with van der Waals surface area (Å²) in [7, 11) is 0. The number of carbonyl (C=O) groups is 1. The predicted octanol–water partition coefficient (Wildman–Crippen LogP) is 4.46. The minimum Gasteiger partial charge on any atom is -0.449 e.